The molecule has 0 aromatic heterocycles. The van der Waals surface area contributed by atoms with E-state index in [4.69, 9.17) is 16.3 Å². The van der Waals surface area contributed by atoms with Gasteiger partial charge in [-0.05, 0) is 75.0 Å². The van der Waals surface area contributed by atoms with E-state index >= 15 is 0 Å². The van der Waals surface area contributed by atoms with Gasteiger partial charge in [0.25, 0.3) is 0 Å². The summed E-state index contributed by atoms with van der Waals surface area (Å²) in [7, 11) is 0. The second kappa shape index (κ2) is 9.42. The van der Waals surface area contributed by atoms with Gasteiger partial charge in [0.05, 0.1) is 0 Å². The first-order valence-corrected chi connectivity index (χ1v) is 8.37. The first kappa shape index (κ1) is 16.8. The lowest BCUT2D eigenvalue weighted by molar-refractivity contribution is 0.198. The molecule has 0 saturated carbocycles. The molecular formula is C17H27ClN2O. The molecule has 1 unspecified atom stereocenters. The van der Waals surface area contributed by atoms with Gasteiger partial charge in [0.2, 0.25) is 0 Å². The van der Waals surface area contributed by atoms with E-state index in [2.05, 4.69) is 23.6 Å². The lowest BCUT2D eigenvalue weighted by Gasteiger charge is -2.10. The fraction of sp³-hybridized carbons (Fsp3) is 0.647. The van der Waals surface area contributed by atoms with Gasteiger partial charge in [-0.25, -0.2) is 0 Å². The fourth-order valence-corrected chi connectivity index (χ4v) is 3.05. The van der Waals surface area contributed by atoms with Gasteiger partial charge in [0.1, 0.15) is 0 Å². The Labute approximate surface area is 133 Å². The minimum absolute atomic E-state index is 0.792. The predicted octanol–water partition coefficient (Wildman–Crippen LogP) is 3.14. The summed E-state index contributed by atoms with van der Waals surface area (Å²) in [6.45, 7) is 8.41. The smallest absolute Gasteiger partial charge is 0.0466 e. The van der Waals surface area contributed by atoms with E-state index in [1.807, 2.05) is 12.1 Å². The number of hydrogen-bond acceptors (Lipinski definition) is 3. The normalized spacial score (nSPS) is 21.1. The Morgan fingerprint density at radius 3 is 2.67 bits per heavy atom. The van der Waals surface area contributed by atoms with Crippen molar-refractivity contribution in [3.63, 3.8) is 0 Å². The van der Waals surface area contributed by atoms with Crippen molar-refractivity contribution in [3.05, 3.63) is 34.3 Å². The third kappa shape index (κ3) is 6.79. The molecule has 0 radical (unpaired) electrons. The van der Waals surface area contributed by atoms with Crippen molar-refractivity contribution in [1.82, 2.24) is 10.6 Å². The van der Waals surface area contributed by atoms with Crippen LogP contribution in [0.15, 0.2) is 18.2 Å². The summed E-state index contributed by atoms with van der Waals surface area (Å²) in [6.07, 6.45) is 3.85. The summed E-state index contributed by atoms with van der Waals surface area (Å²) in [5.74, 6) is 0.792. The van der Waals surface area contributed by atoms with Gasteiger partial charge in [0.15, 0.2) is 0 Å². The number of benzene rings is 1. The van der Waals surface area contributed by atoms with E-state index in [0.29, 0.717) is 0 Å². The second-order valence-corrected chi connectivity index (χ2v) is 6.38. The first-order chi connectivity index (χ1) is 10.2. The monoisotopic (exact) mass is 310 g/mol. The zero-order chi connectivity index (χ0) is 14.9. The molecule has 1 atom stereocenters. The van der Waals surface area contributed by atoms with E-state index in [1.165, 1.54) is 36.9 Å². The van der Waals surface area contributed by atoms with Crippen LogP contribution in [0.2, 0.25) is 5.02 Å². The molecule has 1 aromatic carbocycles. The van der Waals surface area contributed by atoms with Crippen molar-refractivity contribution in [1.29, 1.82) is 0 Å². The van der Waals surface area contributed by atoms with Crippen LogP contribution >= 0.6 is 11.6 Å². The standard InChI is InChI=1S/C13H19ClN2.C4H8O/c1-10-4-12(6-13(14)5-10)9-16-8-11-2-3-15-7-11;1-2-4-5-3-1/h4-6,11,15-16H,2-3,7-9H2,1H3;1-4H2. The molecule has 0 spiro atoms. The van der Waals surface area contributed by atoms with Crippen molar-refractivity contribution in [3.8, 4) is 0 Å². The summed E-state index contributed by atoms with van der Waals surface area (Å²) in [6, 6.07) is 6.21. The summed E-state index contributed by atoms with van der Waals surface area (Å²) < 4.78 is 4.94. The van der Waals surface area contributed by atoms with E-state index in [-0.39, 0.29) is 0 Å². The van der Waals surface area contributed by atoms with Crippen molar-refractivity contribution in [2.45, 2.75) is 32.7 Å². The molecule has 2 N–H and O–H groups in total. The van der Waals surface area contributed by atoms with Crippen LogP contribution in [0.4, 0.5) is 0 Å². The minimum Gasteiger partial charge on any atom is -0.381 e. The molecule has 0 bridgehead atoms. The average molecular weight is 311 g/mol. The molecule has 2 saturated heterocycles. The van der Waals surface area contributed by atoms with Crippen LogP contribution < -0.4 is 10.6 Å². The number of hydrogen-bond donors (Lipinski definition) is 2. The highest BCUT2D eigenvalue weighted by molar-refractivity contribution is 6.30. The van der Waals surface area contributed by atoms with Gasteiger partial charge in [-0.1, -0.05) is 17.7 Å². The zero-order valence-electron chi connectivity index (χ0n) is 13.0. The Bertz CT molecular complexity index is 387. The van der Waals surface area contributed by atoms with Crippen LogP contribution in [-0.4, -0.2) is 32.8 Å². The summed E-state index contributed by atoms with van der Waals surface area (Å²) in [4.78, 5) is 0. The number of halogens is 1. The van der Waals surface area contributed by atoms with Crippen molar-refractivity contribution in [2.75, 3.05) is 32.8 Å². The number of nitrogens with one attached hydrogen (secondary N) is 2. The molecular weight excluding hydrogens is 284 g/mol. The van der Waals surface area contributed by atoms with Crippen molar-refractivity contribution >= 4 is 11.6 Å². The highest BCUT2D eigenvalue weighted by Crippen LogP contribution is 2.14. The van der Waals surface area contributed by atoms with Gasteiger partial charge in [0, 0.05) is 24.8 Å². The van der Waals surface area contributed by atoms with Crippen molar-refractivity contribution < 1.29 is 4.74 Å². The molecule has 2 aliphatic rings. The van der Waals surface area contributed by atoms with E-state index in [1.54, 1.807) is 0 Å². The van der Waals surface area contributed by atoms with Gasteiger partial charge in [-0.3, -0.25) is 0 Å². The van der Waals surface area contributed by atoms with Gasteiger partial charge in [-0.15, -0.1) is 0 Å². The zero-order valence-corrected chi connectivity index (χ0v) is 13.7. The number of ether oxygens (including phenoxy) is 1. The molecule has 0 aliphatic carbocycles. The quantitative estimate of drug-likeness (QED) is 0.896. The second-order valence-electron chi connectivity index (χ2n) is 5.95. The van der Waals surface area contributed by atoms with Crippen molar-refractivity contribution in [2.24, 2.45) is 5.92 Å². The van der Waals surface area contributed by atoms with Crippen LogP contribution in [0.25, 0.3) is 0 Å². The molecule has 2 fully saturated rings. The Morgan fingerprint density at radius 2 is 2.10 bits per heavy atom. The lowest BCUT2D eigenvalue weighted by atomic mass is 10.1. The fourth-order valence-electron chi connectivity index (χ4n) is 2.73. The third-order valence-electron chi connectivity index (χ3n) is 3.85. The molecule has 2 aliphatic heterocycles. The van der Waals surface area contributed by atoms with Gasteiger partial charge < -0.3 is 15.4 Å². The Balaban J connectivity index is 0.000000272. The molecule has 0 amide bonds. The Hall–Kier alpha value is -0.610. The van der Waals surface area contributed by atoms with Crippen LogP contribution in [0.1, 0.15) is 30.4 Å². The highest BCUT2D eigenvalue weighted by Gasteiger charge is 2.13. The maximum absolute atomic E-state index is 6.02. The topological polar surface area (TPSA) is 33.3 Å². The highest BCUT2D eigenvalue weighted by atomic mass is 35.5. The molecule has 1 aromatic rings. The summed E-state index contributed by atoms with van der Waals surface area (Å²) in [5.41, 5.74) is 2.50. The largest absolute Gasteiger partial charge is 0.381 e. The van der Waals surface area contributed by atoms with Gasteiger partial charge in [-0.2, -0.15) is 0 Å². The Kier molecular flexibility index (Phi) is 7.51. The van der Waals surface area contributed by atoms with Crippen LogP contribution in [0.5, 0.6) is 0 Å². The third-order valence-corrected chi connectivity index (χ3v) is 4.07. The summed E-state index contributed by atoms with van der Waals surface area (Å²) >= 11 is 6.02. The molecule has 4 heteroatoms. The van der Waals surface area contributed by atoms with Crippen LogP contribution in [0.3, 0.4) is 0 Å². The Morgan fingerprint density at radius 1 is 1.29 bits per heavy atom. The number of rotatable bonds is 4. The molecule has 3 rings (SSSR count). The van der Waals surface area contributed by atoms with Crippen LogP contribution in [0, 0.1) is 12.8 Å². The van der Waals surface area contributed by atoms with E-state index in [0.717, 1.165) is 43.8 Å². The molecule has 2 heterocycles. The van der Waals surface area contributed by atoms with Gasteiger partial charge >= 0.3 is 0 Å². The molecule has 3 nitrogen and oxygen atoms in total. The average Bonchev–Trinajstić information content (AvgIpc) is 3.14. The van der Waals surface area contributed by atoms with E-state index < -0.39 is 0 Å². The van der Waals surface area contributed by atoms with Crippen LogP contribution in [-0.2, 0) is 11.3 Å². The SMILES string of the molecule is C1CCOC1.Cc1cc(Cl)cc(CNCC2CCNC2)c1. The maximum Gasteiger partial charge on any atom is 0.0466 e. The predicted molar refractivity (Wildman–Crippen MR) is 88.9 cm³/mol. The molecule has 21 heavy (non-hydrogen) atoms. The minimum atomic E-state index is 0.792. The lowest BCUT2D eigenvalue weighted by Crippen LogP contribution is -2.24. The maximum atomic E-state index is 6.02. The molecule has 118 valence electrons. The first-order valence-electron chi connectivity index (χ1n) is 7.99. The summed E-state index contributed by atoms with van der Waals surface area (Å²) in [5, 5.41) is 7.71. The number of aryl methyl sites for hydroxylation is 1. The van der Waals surface area contributed by atoms with E-state index in [9.17, 15) is 0 Å².